The van der Waals surface area contributed by atoms with Crippen LogP contribution < -0.4 is 10.6 Å². The highest BCUT2D eigenvalue weighted by atomic mass is 127. The monoisotopic (exact) mass is 543 g/mol. The summed E-state index contributed by atoms with van der Waals surface area (Å²) in [6, 6.07) is 13.3. The lowest BCUT2D eigenvalue weighted by atomic mass is 10.1. The van der Waals surface area contributed by atoms with Crippen LogP contribution in [0, 0.1) is 25.4 Å². The standard InChI is InChI=1S/C18H15I2N3O/c1-11-5-3-4-6-16(11)23-18(24)13(10-21)7-12-8-14(19)17(22-2)15(20)9-12/h3-9,22H,1-2H3,(H,23,24)/b13-7-. The van der Waals surface area contributed by atoms with E-state index in [0.717, 1.165) is 24.0 Å². The molecule has 2 aromatic carbocycles. The van der Waals surface area contributed by atoms with Crippen LogP contribution in [-0.2, 0) is 4.79 Å². The normalized spacial score (nSPS) is 10.9. The zero-order valence-corrected chi connectivity index (χ0v) is 17.5. The van der Waals surface area contributed by atoms with Gasteiger partial charge in [-0.05, 0) is 87.5 Å². The van der Waals surface area contributed by atoms with E-state index in [2.05, 4.69) is 55.8 Å². The fraction of sp³-hybridized carbons (Fsp3) is 0.111. The summed E-state index contributed by atoms with van der Waals surface area (Å²) in [4.78, 5) is 12.4. The van der Waals surface area contributed by atoms with Crippen LogP contribution in [0.1, 0.15) is 11.1 Å². The molecule has 0 spiro atoms. The molecule has 0 atom stereocenters. The molecule has 24 heavy (non-hydrogen) atoms. The van der Waals surface area contributed by atoms with Gasteiger partial charge in [0, 0.05) is 19.9 Å². The number of aryl methyl sites for hydroxylation is 1. The van der Waals surface area contributed by atoms with E-state index in [1.54, 1.807) is 6.08 Å². The van der Waals surface area contributed by atoms with E-state index in [1.807, 2.05) is 56.4 Å². The van der Waals surface area contributed by atoms with E-state index < -0.39 is 5.91 Å². The van der Waals surface area contributed by atoms with Crippen molar-refractivity contribution in [3.63, 3.8) is 0 Å². The first-order chi connectivity index (χ1) is 11.5. The van der Waals surface area contributed by atoms with Gasteiger partial charge in [-0.1, -0.05) is 18.2 Å². The van der Waals surface area contributed by atoms with Crippen molar-refractivity contribution in [2.75, 3.05) is 17.7 Å². The van der Waals surface area contributed by atoms with Gasteiger partial charge in [0.1, 0.15) is 11.6 Å². The summed E-state index contributed by atoms with van der Waals surface area (Å²) in [5, 5.41) is 15.3. The summed E-state index contributed by atoms with van der Waals surface area (Å²) in [5.41, 5.74) is 3.58. The highest BCUT2D eigenvalue weighted by molar-refractivity contribution is 14.1. The van der Waals surface area contributed by atoms with Crippen molar-refractivity contribution in [1.82, 2.24) is 0 Å². The van der Waals surface area contributed by atoms with Crippen LogP contribution in [-0.4, -0.2) is 13.0 Å². The lowest BCUT2D eigenvalue weighted by Crippen LogP contribution is -2.14. The Kier molecular flexibility index (Phi) is 6.62. The minimum Gasteiger partial charge on any atom is -0.386 e. The van der Waals surface area contributed by atoms with Gasteiger partial charge < -0.3 is 10.6 Å². The fourth-order valence-corrected chi connectivity index (χ4v) is 4.49. The molecule has 0 saturated carbocycles. The molecule has 122 valence electrons. The molecule has 1 amide bonds. The number of hydrogen-bond donors (Lipinski definition) is 2. The Hall–Kier alpha value is -1.60. The van der Waals surface area contributed by atoms with Crippen LogP contribution in [0.25, 0.3) is 6.08 Å². The summed E-state index contributed by atoms with van der Waals surface area (Å²) in [6.07, 6.45) is 1.61. The van der Waals surface area contributed by atoms with Crippen molar-refractivity contribution in [3.8, 4) is 6.07 Å². The van der Waals surface area contributed by atoms with Crippen LogP contribution in [0.5, 0.6) is 0 Å². The number of nitrogens with zero attached hydrogens (tertiary/aromatic N) is 1. The van der Waals surface area contributed by atoms with Crippen LogP contribution >= 0.6 is 45.2 Å². The van der Waals surface area contributed by atoms with Crippen LogP contribution in [0.2, 0.25) is 0 Å². The quantitative estimate of drug-likeness (QED) is 0.332. The van der Waals surface area contributed by atoms with Gasteiger partial charge in [-0.3, -0.25) is 4.79 Å². The lowest BCUT2D eigenvalue weighted by Gasteiger charge is -2.09. The highest BCUT2D eigenvalue weighted by Crippen LogP contribution is 2.27. The van der Waals surface area contributed by atoms with Gasteiger partial charge in [-0.25, -0.2) is 0 Å². The second-order valence-corrected chi connectivity index (χ2v) is 7.37. The third kappa shape index (κ3) is 4.48. The Bertz CT molecular complexity index is 831. The van der Waals surface area contributed by atoms with E-state index in [0.29, 0.717) is 5.69 Å². The van der Waals surface area contributed by atoms with Gasteiger partial charge in [0.15, 0.2) is 0 Å². The van der Waals surface area contributed by atoms with Crippen molar-refractivity contribution < 1.29 is 4.79 Å². The maximum Gasteiger partial charge on any atom is 0.266 e. The van der Waals surface area contributed by atoms with Gasteiger partial charge in [0.2, 0.25) is 0 Å². The Morgan fingerprint density at radius 2 is 1.83 bits per heavy atom. The molecule has 2 rings (SSSR count). The van der Waals surface area contributed by atoms with Gasteiger partial charge in [-0.2, -0.15) is 5.26 Å². The first-order valence-corrected chi connectivity index (χ1v) is 9.27. The summed E-state index contributed by atoms with van der Waals surface area (Å²) >= 11 is 4.46. The maximum absolute atomic E-state index is 12.4. The second kappa shape index (κ2) is 8.48. The number of benzene rings is 2. The van der Waals surface area contributed by atoms with Crippen molar-refractivity contribution in [1.29, 1.82) is 5.26 Å². The van der Waals surface area contributed by atoms with Crippen LogP contribution in [0.15, 0.2) is 42.0 Å². The lowest BCUT2D eigenvalue weighted by molar-refractivity contribution is -0.112. The van der Waals surface area contributed by atoms with E-state index in [9.17, 15) is 10.1 Å². The zero-order valence-electron chi connectivity index (χ0n) is 13.2. The van der Waals surface area contributed by atoms with Gasteiger partial charge in [0.25, 0.3) is 5.91 Å². The molecule has 0 fully saturated rings. The van der Waals surface area contributed by atoms with Crippen LogP contribution in [0.3, 0.4) is 0 Å². The molecule has 0 radical (unpaired) electrons. The van der Waals surface area contributed by atoms with Gasteiger partial charge >= 0.3 is 0 Å². The number of amides is 1. The summed E-state index contributed by atoms with van der Waals surface area (Å²) in [7, 11) is 1.87. The minimum absolute atomic E-state index is 0.0714. The SMILES string of the molecule is CNc1c(I)cc(/C=C(/C#N)C(=O)Nc2ccccc2C)cc1I. The third-order valence-corrected chi connectivity index (χ3v) is 5.09. The molecule has 0 aliphatic rings. The number of carbonyl (C=O) groups excluding carboxylic acids is 1. The molecule has 0 aliphatic carbocycles. The van der Waals surface area contributed by atoms with Gasteiger partial charge in [-0.15, -0.1) is 0 Å². The number of rotatable bonds is 4. The summed E-state index contributed by atoms with van der Waals surface area (Å²) in [6.45, 7) is 1.91. The third-order valence-electron chi connectivity index (χ3n) is 3.38. The molecule has 0 heterocycles. The number of nitriles is 1. The molecule has 2 N–H and O–H groups in total. The van der Waals surface area contributed by atoms with Crippen molar-refractivity contribution in [3.05, 3.63) is 60.2 Å². The Balaban J connectivity index is 2.31. The number of hydrogen-bond acceptors (Lipinski definition) is 3. The zero-order chi connectivity index (χ0) is 17.7. The van der Waals surface area contributed by atoms with Gasteiger partial charge in [0.05, 0.1) is 5.69 Å². The summed E-state index contributed by atoms with van der Waals surface area (Å²) < 4.78 is 2.06. The van der Waals surface area contributed by atoms with Crippen molar-refractivity contribution >= 4 is 68.5 Å². The molecule has 0 saturated heterocycles. The highest BCUT2D eigenvalue weighted by Gasteiger charge is 2.12. The molecule has 0 aliphatic heterocycles. The maximum atomic E-state index is 12.4. The number of anilines is 2. The predicted molar refractivity (Wildman–Crippen MR) is 115 cm³/mol. The fourth-order valence-electron chi connectivity index (χ4n) is 2.13. The number of halogens is 2. The molecule has 0 aromatic heterocycles. The van der Waals surface area contributed by atoms with Crippen molar-refractivity contribution in [2.24, 2.45) is 0 Å². The average molecular weight is 543 g/mol. The number of carbonyl (C=O) groups is 1. The summed E-state index contributed by atoms with van der Waals surface area (Å²) in [5.74, 6) is -0.408. The smallest absolute Gasteiger partial charge is 0.266 e. The van der Waals surface area contributed by atoms with Crippen LogP contribution in [0.4, 0.5) is 11.4 Å². The van der Waals surface area contributed by atoms with E-state index in [1.165, 1.54) is 0 Å². The minimum atomic E-state index is -0.408. The molecule has 0 unspecified atom stereocenters. The Labute approximate surface area is 168 Å². The first kappa shape index (κ1) is 18.7. The molecule has 6 heteroatoms. The average Bonchev–Trinajstić information content (AvgIpc) is 2.54. The Morgan fingerprint density at radius 1 is 1.21 bits per heavy atom. The predicted octanol–water partition coefficient (Wildman–Crippen LogP) is 4.79. The van der Waals surface area contributed by atoms with E-state index in [-0.39, 0.29) is 5.57 Å². The van der Waals surface area contributed by atoms with E-state index in [4.69, 9.17) is 0 Å². The second-order valence-electron chi connectivity index (χ2n) is 5.05. The molecule has 0 bridgehead atoms. The Morgan fingerprint density at radius 3 is 2.38 bits per heavy atom. The topological polar surface area (TPSA) is 64.9 Å². The molecular weight excluding hydrogens is 528 g/mol. The first-order valence-electron chi connectivity index (χ1n) is 7.12. The molecule has 4 nitrogen and oxygen atoms in total. The number of para-hydroxylation sites is 1. The molecular formula is C18H15I2N3O. The number of nitrogens with one attached hydrogen (secondary N) is 2. The van der Waals surface area contributed by atoms with E-state index >= 15 is 0 Å². The molecule has 2 aromatic rings. The largest absolute Gasteiger partial charge is 0.386 e. The van der Waals surface area contributed by atoms with Crippen molar-refractivity contribution in [2.45, 2.75) is 6.92 Å².